The number of imidazole rings is 1. The predicted octanol–water partition coefficient (Wildman–Crippen LogP) is 2.67. The second-order valence-electron chi connectivity index (χ2n) is 5.44. The highest BCUT2D eigenvalue weighted by atomic mass is 32.2. The summed E-state index contributed by atoms with van der Waals surface area (Å²) >= 11 is 1.26. The van der Waals surface area contributed by atoms with E-state index < -0.39 is 17.2 Å². The van der Waals surface area contributed by atoms with Gasteiger partial charge >= 0.3 is 6.03 Å². The molecule has 0 saturated carbocycles. The number of nitrogens with one attached hydrogen (secondary N) is 1. The number of urea groups is 1. The molecule has 3 amide bonds. The minimum atomic E-state index is -0.852. The van der Waals surface area contributed by atoms with Gasteiger partial charge in [0, 0.05) is 18.1 Å². The van der Waals surface area contributed by atoms with Crippen molar-refractivity contribution < 1.29 is 9.59 Å². The molecular formula is C16H20N4O2S. The van der Waals surface area contributed by atoms with Gasteiger partial charge in [0.2, 0.25) is 5.91 Å². The first-order valence-corrected chi connectivity index (χ1v) is 8.17. The number of nitrogens with zero attached hydrogens (tertiary/aromatic N) is 2. The SMILES string of the molecule is CC(C)c1ccc(-n2ccnc2S[C@@H](C)C(=O)NC(N)=O)cc1. The topological polar surface area (TPSA) is 90.0 Å². The summed E-state index contributed by atoms with van der Waals surface area (Å²) in [6.07, 6.45) is 3.52. The van der Waals surface area contributed by atoms with Crippen LogP contribution in [0.25, 0.3) is 5.69 Å². The van der Waals surface area contributed by atoms with E-state index >= 15 is 0 Å². The first-order valence-electron chi connectivity index (χ1n) is 7.29. The average molecular weight is 332 g/mol. The summed E-state index contributed by atoms with van der Waals surface area (Å²) < 4.78 is 1.91. The molecule has 0 spiro atoms. The fourth-order valence-corrected chi connectivity index (χ4v) is 2.91. The molecule has 0 saturated heterocycles. The summed E-state index contributed by atoms with van der Waals surface area (Å²) in [4.78, 5) is 26.8. The van der Waals surface area contributed by atoms with E-state index in [0.29, 0.717) is 11.1 Å². The second kappa shape index (κ2) is 7.32. The molecule has 0 bridgehead atoms. The number of carbonyl (C=O) groups excluding carboxylic acids is 2. The van der Waals surface area contributed by atoms with Gasteiger partial charge in [0.1, 0.15) is 0 Å². The third-order valence-corrected chi connectivity index (χ3v) is 4.42. The number of hydrogen-bond acceptors (Lipinski definition) is 4. The zero-order valence-corrected chi connectivity index (χ0v) is 14.1. The Balaban J connectivity index is 2.16. The fourth-order valence-electron chi connectivity index (χ4n) is 2.03. The number of primary amides is 1. The lowest BCUT2D eigenvalue weighted by atomic mass is 10.0. The molecular weight excluding hydrogens is 312 g/mol. The van der Waals surface area contributed by atoms with Crippen molar-refractivity contribution in [1.82, 2.24) is 14.9 Å². The number of carbonyl (C=O) groups is 2. The monoisotopic (exact) mass is 332 g/mol. The molecule has 2 rings (SSSR count). The van der Waals surface area contributed by atoms with E-state index in [1.165, 1.54) is 17.3 Å². The van der Waals surface area contributed by atoms with E-state index in [1.807, 2.05) is 22.9 Å². The minimum Gasteiger partial charge on any atom is -0.351 e. The number of thioether (sulfide) groups is 1. The van der Waals surface area contributed by atoms with E-state index in [9.17, 15) is 9.59 Å². The Hall–Kier alpha value is -2.28. The van der Waals surface area contributed by atoms with Crippen LogP contribution in [0.4, 0.5) is 4.79 Å². The van der Waals surface area contributed by atoms with Gasteiger partial charge in [-0.15, -0.1) is 0 Å². The van der Waals surface area contributed by atoms with Crippen LogP contribution in [0, 0.1) is 0 Å². The predicted molar refractivity (Wildman–Crippen MR) is 90.7 cm³/mol. The van der Waals surface area contributed by atoms with Gasteiger partial charge in [-0.2, -0.15) is 0 Å². The lowest BCUT2D eigenvalue weighted by Gasteiger charge is -2.12. The van der Waals surface area contributed by atoms with Crippen molar-refractivity contribution in [1.29, 1.82) is 0 Å². The van der Waals surface area contributed by atoms with Crippen LogP contribution in [0.5, 0.6) is 0 Å². The third-order valence-electron chi connectivity index (χ3n) is 3.34. The number of imide groups is 1. The molecule has 1 aromatic heterocycles. The van der Waals surface area contributed by atoms with Crippen molar-refractivity contribution in [2.75, 3.05) is 0 Å². The standard InChI is InChI=1S/C16H20N4O2S/c1-10(2)12-4-6-13(7-5-12)20-9-8-18-16(20)23-11(3)14(21)19-15(17)22/h4-11H,1-3H3,(H3,17,19,21,22)/t11-/m0/s1. The summed E-state index contributed by atoms with van der Waals surface area (Å²) in [5, 5.41) is 2.26. The summed E-state index contributed by atoms with van der Waals surface area (Å²) in [6.45, 7) is 5.99. The third kappa shape index (κ3) is 4.35. The van der Waals surface area contributed by atoms with Crippen LogP contribution in [0.15, 0.2) is 41.8 Å². The number of benzene rings is 1. The highest BCUT2D eigenvalue weighted by Crippen LogP contribution is 2.25. The number of amides is 3. The molecule has 3 N–H and O–H groups in total. The summed E-state index contributed by atoms with van der Waals surface area (Å²) in [5.41, 5.74) is 7.19. The molecule has 122 valence electrons. The van der Waals surface area contributed by atoms with E-state index in [4.69, 9.17) is 5.73 Å². The molecule has 1 atom stereocenters. The van der Waals surface area contributed by atoms with Crippen molar-refractivity contribution in [2.24, 2.45) is 5.73 Å². The first kappa shape index (κ1) is 17.1. The molecule has 1 heterocycles. The molecule has 0 aliphatic rings. The van der Waals surface area contributed by atoms with Gasteiger partial charge < -0.3 is 5.73 Å². The van der Waals surface area contributed by atoms with Crippen molar-refractivity contribution in [3.63, 3.8) is 0 Å². The van der Waals surface area contributed by atoms with Crippen LogP contribution < -0.4 is 11.1 Å². The Morgan fingerprint density at radius 2 is 1.87 bits per heavy atom. The maximum atomic E-state index is 11.8. The largest absolute Gasteiger partial charge is 0.351 e. The Labute approximate surface area is 139 Å². The van der Waals surface area contributed by atoms with Gasteiger partial charge in [0.05, 0.1) is 5.25 Å². The van der Waals surface area contributed by atoms with Crippen molar-refractivity contribution in [3.05, 3.63) is 42.2 Å². The van der Waals surface area contributed by atoms with Gasteiger partial charge in [-0.05, 0) is 30.5 Å². The highest BCUT2D eigenvalue weighted by Gasteiger charge is 2.18. The van der Waals surface area contributed by atoms with Crippen molar-refractivity contribution in [2.45, 2.75) is 37.1 Å². The lowest BCUT2D eigenvalue weighted by molar-refractivity contribution is -0.119. The Morgan fingerprint density at radius 3 is 2.43 bits per heavy atom. The minimum absolute atomic E-state index is 0.438. The first-order chi connectivity index (χ1) is 10.9. The van der Waals surface area contributed by atoms with E-state index in [1.54, 1.807) is 13.1 Å². The second-order valence-corrected chi connectivity index (χ2v) is 6.75. The van der Waals surface area contributed by atoms with Gasteiger partial charge in [0.15, 0.2) is 5.16 Å². The maximum absolute atomic E-state index is 11.8. The Morgan fingerprint density at radius 1 is 1.22 bits per heavy atom. The molecule has 0 unspecified atom stereocenters. The smallest absolute Gasteiger partial charge is 0.318 e. The zero-order valence-electron chi connectivity index (χ0n) is 13.3. The molecule has 2 aromatic rings. The normalized spacial score (nSPS) is 12.2. The summed E-state index contributed by atoms with van der Waals surface area (Å²) in [5.74, 6) is 0.0328. The summed E-state index contributed by atoms with van der Waals surface area (Å²) in [7, 11) is 0. The van der Waals surface area contributed by atoms with Crippen LogP contribution in [0.3, 0.4) is 0 Å². The van der Waals surface area contributed by atoms with Gasteiger partial charge in [-0.25, -0.2) is 9.78 Å². The molecule has 23 heavy (non-hydrogen) atoms. The Bertz CT molecular complexity index is 694. The fraction of sp³-hybridized carbons (Fsp3) is 0.312. The molecule has 1 aromatic carbocycles. The molecule has 6 nitrogen and oxygen atoms in total. The average Bonchev–Trinajstić information content (AvgIpc) is 2.94. The number of aromatic nitrogens is 2. The molecule has 0 fully saturated rings. The number of rotatable bonds is 5. The zero-order chi connectivity index (χ0) is 17.0. The van der Waals surface area contributed by atoms with Gasteiger partial charge in [0.25, 0.3) is 0 Å². The number of nitrogens with two attached hydrogens (primary N) is 1. The quantitative estimate of drug-likeness (QED) is 0.824. The maximum Gasteiger partial charge on any atom is 0.318 e. The molecule has 0 aliphatic carbocycles. The van der Waals surface area contributed by atoms with Gasteiger partial charge in [-0.3, -0.25) is 14.7 Å². The van der Waals surface area contributed by atoms with E-state index in [2.05, 4.69) is 36.3 Å². The van der Waals surface area contributed by atoms with Crippen LogP contribution in [-0.2, 0) is 4.79 Å². The molecule has 7 heteroatoms. The van der Waals surface area contributed by atoms with Crippen LogP contribution >= 0.6 is 11.8 Å². The van der Waals surface area contributed by atoms with Crippen LogP contribution in [-0.4, -0.2) is 26.7 Å². The van der Waals surface area contributed by atoms with E-state index in [0.717, 1.165) is 5.69 Å². The van der Waals surface area contributed by atoms with Crippen molar-refractivity contribution >= 4 is 23.7 Å². The Kier molecular flexibility index (Phi) is 5.44. The van der Waals surface area contributed by atoms with Crippen LogP contribution in [0.2, 0.25) is 0 Å². The number of hydrogen-bond donors (Lipinski definition) is 2. The van der Waals surface area contributed by atoms with E-state index in [-0.39, 0.29) is 0 Å². The van der Waals surface area contributed by atoms with Crippen LogP contribution in [0.1, 0.15) is 32.3 Å². The van der Waals surface area contributed by atoms with Gasteiger partial charge in [-0.1, -0.05) is 37.7 Å². The molecule has 0 aliphatic heterocycles. The highest BCUT2D eigenvalue weighted by molar-refractivity contribution is 8.00. The summed E-state index contributed by atoms with van der Waals surface area (Å²) in [6, 6.07) is 7.36. The lowest BCUT2D eigenvalue weighted by Crippen LogP contribution is -2.39. The van der Waals surface area contributed by atoms with Crippen molar-refractivity contribution in [3.8, 4) is 5.69 Å². The molecule has 0 radical (unpaired) electrons.